The molecule has 0 radical (unpaired) electrons. The van der Waals surface area contributed by atoms with Crippen molar-refractivity contribution < 1.29 is 14.4 Å². The van der Waals surface area contributed by atoms with Gasteiger partial charge >= 0.3 is 0 Å². The first-order valence-corrected chi connectivity index (χ1v) is 11.6. The Morgan fingerprint density at radius 2 is 1.66 bits per heavy atom. The highest BCUT2D eigenvalue weighted by Crippen LogP contribution is 2.27. The van der Waals surface area contributed by atoms with Crippen molar-refractivity contribution in [3.05, 3.63) is 101 Å². The first-order chi connectivity index (χ1) is 15.5. The first-order valence-electron chi connectivity index (χ1n) is 10.5. The molecule has 0 saturated heterocycles. The van der Waals surface area contributed by atoms with Gasteiger partial charge in [0.25, 0.3) is 5.91 Å². The van der Waals surface area contributed by atoms with Crippen molar-refractivity contribution in [2.45, 2.75) is 25.3 Å². The number of thioether (sulfide) groups is 1. The monoisotopic (exact) mass is 444 g/mol. The predicted molar refractivity (Wildman–Crippen MR) is 128 cm³/mol. The normalized spacial score (nSPS) is 13.5. The van der Waals surface area contributed by atoms with Crippen LogP contribution in [0.1, 0.15) is 38.8 Å². The van der Waals surface area contributed by atoms with E-state index in [1.165, 1.54) is 12.5 Å². The van der Waals surface area contributed by atoms with Crippen molar-refractivity contribution in [3.63, 3.8) is 0 Å². The number of hydrogen-bond acceptors (Lipinski definition) is 4. The summed E-state index contributed by atoms with van der Waals surface area (Å²) in [5.41, 5.74) is 3.95. The Morgan fingerprint density at radius 3 is 2.34 bits per heavy atom. The molecule has 1 heterocycles. The van der Waals surface area contributed by atoms with E-state index in [9.17, 15) is 14.4 Å². The lowest BCUT2D eigenvalue weighted by Gasteiger charge is -2.27. The number of anilines is 1. The lowest BCUT2D eigenvalue weighted by atomic mass is 10.1. The number of hydrogen-bond donors (Lipinski definition) is 1. The summed E-state index contributed by atoms with van der Waals surface area (Å²) in [4.78, 5) is 39.5. The van der Waals surface area contributed by atoms with Crippen LogP contribution >= 0.6 is 11.8 Å². The number of carbonyl (C=O) groups excluding carboxylic acids is 3. The average molecular weight is 445 g/mol. The highest BCUT2D eigenvalue weighted by atomic mass is 32.2. The number of benzene rings is 3. The first kappa shape index (κ1) is 21.8. The third-order valence-electron chi connectivity index (χ3n) is 5.47. The summed E-state index contributed by atoms with van der Waals surface area (Å²) in [5, 5.41) is 2.92. The Labute approximate surface area is 191 Å². The van der Waals surface area contributed by atoms with Crippen LogP contribution in [0.25, 0.3) is 0 Å². The van der Waals surface area contributed by atoms with Gasteiger partial charge in [-0.2, -0.15) is 11.8 Å². The number of nitrogens with zero attached hydrogens (tertiary/aromatic N) is 1. The van der Waals surface area contributed by atoms with Crippen LogP contribution in [0.3, 0.4) is 0 Å². The Balaban J connectivity index is 1.50. The summed E-state index contributed by atoms with van der Waals surface area (Å²) < 4.78 is 0. The lowest BCUT2D eigenvalue weighted by Crippen LogP contribution is -2.46. The standard InChI is InChI=1S/C26H24N2O3S/c1-18(29)20-11-13-22(14-12-20)27-25(30)24(17-32-16-19-7-3-2-4-8-19)28-15-21-9-5-6-10-23(21)26(28)31/h2-14,24H,15-17H2,1H3,(H,27,30)/t24-/m0/s1. The van der Waals surface area contributed by atoms with Crippen LogP contribution in [0.5, 0.6) is 0 Å². The van der Waals surface area contributed by atoms with Gasteiger partial charge in [0.15, 0.2) is 5.78 Å². The molecule has 1 N–H and O–H groups in total. The highest BCUT2D eigenvalue weighted by Gasteiger charge is 2.36. The summed E-state index contributed by atoms with van der Waals surface area (Å²) in [7, 11) is 0. The minimum atomic E-state index is -0.615. The molecule has 2 amide bonds. The van der Waals surface area contributed by atoms with Crippen molar-refractivity contribution >= 4 is 35.0 Å². The maximum Gasteiger partial charge on any atom is 0.255 e. The van der Waals surface area contributed by atoms with E-state index in [2.05, 4.69) is 17.4 Å². The number of fused-ring (bicyclic) bond motifs is 1. The number of rotatable bonds is 8. The predicted octanol–water partition coefficient (Wildman–Crippen LogP) is 4.79. The fraction of sp³-hybridized carbons (Fsp3) is 0.192. The van der Waals surface area contributed by atoms with Gasteiger partial charge in [0, 0.05) is 34.9 Å². The second-order valence-electron chi connectivity index (χ2n) is 7.73. The second-order valence-corrected chi connectivity index (χ2v) is 8.76. The molecular weight excluding hydrogens is 420 g/mol. The molecule has 1 aliphatic rings. The van der Waals surface area contributed by atoms with Crippen molar-refractivity contribution in [3.8, 4) is 0 Å². The Kier molecular flexibility index (Phi) is 6.71. The van der Waals surface area contributed by atoms with Gasteiger partial charge in [0.05, 0.1) is 0 Å². The number of nitrogens with one attached hydrogen (secondary N) is 1. The average Bonchev–Trinajstić information content (AvgIpc) is 3.14. The van der Waals surface area contributed by atoms with E-state index in [-0.39, 0.29) is 17.6 Å². The quantitative estimate of drug-likeness (QED) is 0.508. The number of carbonyl (C=O) groups is 3. The van der Waals surface area contributed by atoms with Gasteiger partial charge < -0.3 is 10.2 Å². The number of Topliss-reactive ketones (excluding diaryl/α,β-unsaturated/α-hetero) is 1. The molecule has 0 spiro atoms. The molecule has 162 valence electrons. The summed E-state index contributed by atoms with van der Waals surface area (Å²) >= 11 is 1.63. The van der Waals surface area contributed by atoms with E-state index in [4.69, 9.17) is 0 Å². The molecule has 0 bridgehead atoms. The zero-order valence-electron chi connectivity index (χ0n) is 17.8. The SMILES string of the molecule is CC(=O)c1ccc(NC(=O)[C@H](CSCc2ccccc2)N2Cc3ccccc3C2=O)cc1. The van der Waals surface area contributed by atoms with Gasteiger partial charge in [-0.25, -0.2) is 0 Å². The van der Waals surface area contributed by atoms with Crippen LogP contribution in [0.4, 0.5) is 5.69 Å². The second kappa shape index (κ2) is 9.83. The smallest absolute Gasteiger partial charge is 0.255 e. The topological polar surface area (TPSA) is 66.5 Å². The Bertz CT molecular complexity index is 1130. The molecule has 0 fully saturated rings. The molecule has 0 aromatic heterocycles. The summed E-state index contributed by atoms with van der Waals surface area (Å²) in [6, 6.07) is 23.7. The van der Waals surface area contributed by atoms with Gasteiger partial charge in [0.1, 0.15) is 6.04 Å². The van der Waals surface area contributed by atoms with Crippen LogP contribution in [0.15, 0.2) is 78.9 Å². The highest BCUT2D eigenvalue weighted by molar-refractivity contribution is 7.98. The van der Waals surface area contributed by atoms with Crippen LogP contribution in [0, 0.1) is 0 Å². The summed E-state index contributed by atoms with van der Waals surface area (Å²) in [6.07, 6.45) is 0. The van der Waals surface area contributed by atoms with E-state index in [0.717, 1.165) is 11.3 Å². The zero-order valence-corrected chi connectivity index (χ0v) is 18.6. The van der Waals surface area contributed by atoms with Crippen LogP contribution in [-0.2, 0) is 17.1 Å². The minimum Gasteiger partial charge on any atom is -0.324 e. The van der Waals surface area contributed by atoms with Gasteiger partial charge in [-0.3, -0.25) is 14.4 Å². The fourth-order valence-electron chi connectivity index (χ4n) is 3.71. The molecule has 3 aromatic rings. The molecule has 1 aliphatic heterocycles. The van der Waals surface area contributed by atoms with Crippen LogP contribution in [0.2, 0.25) is 0 Å². The van der Waals surface area contributed by atoms with Crippen molar-refractivity contribution in [1.29, 1.82) is 0 Å². The van der Waals surface area contributed by atoms with Crippen LogP contribution in [-0.4, -0.2) is 34.3 Å². The molecule has 3 aromatic carbocycles. The molecule has 0 aliphatic carbocycles. The molecule has 4 rings (SSSR count). The largest absolute Gasteiger partial charge is 0.324 e. The van der Waals surface area contributed by atoms with E-state index >= 15 is 0 Å². The van der Waals surface area contributed by atoms with E-state index in [1.807, 2.05) is 42.5 Å². The lowest BCUT2D eigenvalue weighted by molar-refractivity contribution is -0.119. The van der Waals surface area contributed by atoms with Crippen molar-refractivity contribution in [2.24, 2.45) is 0 Å². The third kappa shape index (κ3) is 4.92. The summed E-state index contributed by atoms with van der Waals surface area (Å²) in [6.45, 7) is 1.92. The van der Waals surface area contributed by atoms with Crippen molar-refractivity contribution in [1.82, 2.24) is 4.90 Å². The minimum absolute atomic E-state index is 0.0292. The van der Waals surface area contributed by atoms with Gasteiger partial charge in [0.2, 0.25) is 5.91 Å². The van der Waals surface area contributed by atoms with E-state index in [0.29, 0.717) is 29.1 Å². The summed E-state index contributed by atoms with van der Waals surface area (Å²) in [5.74, 6) is 0.854. The third-order valence-corrected chi connectivity index (χ3v) is 6.56. The molecule has 0 unspecified atom stereocenters. The maximum absolute atomic E-state index is 13.3. The fourth-order valence-corrected chi connectivity index (χ4v) is 4.81. The van der Waals surface area contributed by atoms with Gasteiger partial charge in [-0.05, 0) is 48.4 Å². The van der Waals surface area contributed by atoms with E-state index < -0.39 is 6.04 Å². The molecule has 5 nitrogen and oxygen atoms in total. The van der Waals surface area contributed by atoms with E-state index in [1.54, 1.807) is 40.9 Å². The van der Waals surface area contributed by atoms with Gasteiger partial charge in [-0.15, -0.1) is 0 Å². The number of ketones is 1. The molecule has 0 saturated carbocycles. The Morgan fingerprint density at radius 1 is 0.969 bits per heavy atom. The zero-order chi connectivity index (χ0) is 22.5. The maximum atomic E-state index is 13.3. The van der Waals surface area contributed by atoms with Crippen LogP contribution < -0.4 is 5.32 Å². The van der Waals surface area contributed by atoms with Gasteiger partial charge in [-0.1, -0.05) is 48.5 Å². The van der Waals surface area contributed by atoms with Crippen molar-refractivity contribution in [2.75, 3.05) is 11.1 Å². The number of amides is 2. The molecule has 32 heavy (non-hydrogen) atoms. The Hall–Kier alpha value is -3.38. The molecule has 6 heteroatoms. The molecule has 1 atom stereocenters. The molecular formula is C26H24N2O3S.